The standard InChI is InChI=1S/C21H26N6O3/c1-24-20(28)11-16(13-23-24)14-25-5-7-26(8-6-25)17-3-4-18-19(12-17)22-15-27(21(18)29)9-10-30-2/h3-4,11-13,15H,5-10,14H2,1-2H3. The second-order valence-electron chi connectivity index (χ2n) is 7.53. The highest BCUT2D eigenvalue weighted by molar-refractivity contribution is 5.81. The van der Waals surface area contributed by atoms with E-state index in [-0.39, 0.29) is 11.1 Å². The van der Waals surface area contributed by atoms with Crippen LogP contribution in [0, 0.1) is 0 Å². The lowest BCUT2D eigenvalue weighted by atomic mass is 10.2. The van der Waals surface area contributed by atoms with Crippen LogP contribution in [0.25, 0.3) is 10.9 Å². The molecule has 1 aliphatic heterocycles. The molecule has 1 aromatic carbocycles. The van der Waals surface area contributed by atoms with Crippen LogP contribution in [0.1, 0.15) is 5.56 Å². The number of hydrogen-bond donors (Lipinski definition) is 0. The van der Waals surface area contributed by atoms with Gasteiger partial charge in [0.25, 0.3) is 11.1 Å². The minimum Gasteiger partial charge on any atom is -0.383 e. The van der Waals surface area contributed by atoms with E-state index >= 15 is 0 Å². The molecule has 4 rings (SSSR count). The van der Waals surface area contributed by atoms with Crippen LogP contribution in [-0.4, -0.2) is 64.1 Å². The average molecular weight is 410 g/mol. The normalized spacial score (nSPS) is 15.1. The van der Waals surface area contributed by atoms with Crippen molar-refractivity contribution in [3.63, 3.8) is 0 Å². The summed E-state index contributed by atoms with van der Waals surface area (Å²) in [4.78, 5) is 33.5. The van der Waals surface area contributed by atoms with Crippen LogP contribution in [-0.2, 0) is 24.9 Å². The predicted octanol–water partition coefficient (Wildman–Crippen LogP) is 0.459. The summed E-state index contributed by atoms with van der Waals surface area (Å²) in [6.45, 7) is 5.20. The lowest BCUT2D eigenvalue weighted by Gasteiger charge is -2.36. The summed E-state index contributed by atoms with van der Waals surface area (Å²) < 4.78 is 7.96. The Morgan fingerprint density at radius 3 is 2.63 bits per heavy atom. The monoisotopic (exact) mass is 410 g/mol. The zero-order valence-corrected chi connectivity index (χ0v) is 17.3. The number of ether oxygens (including phenoxy) is 1. The van der Waals surface area contributed by atoms with Crippen LogP contribution < -0.4 is 16.0 Å². The van der Waals surface area contributed by atoms with Gasteiger partial charge in [0.05, 0.1) is 36.6 Å². The van der Waals surface area contributed by atoms with Crippen LogP contribution in [0.2, 0.25) is 0 Å². The molecule has 0 unspecified atom stereocenters. The van der Waals surface area contributed by atoms with Gasteiger partial charge in [-0.2, -0.15) is 5.10 Å². The van der Waals surface area contributed by atoms with Crippen LogP contribution in [0.3, 0.4) is 0 Å². The number of aromatic nitrogens is 4. The smallest absolute Gasteiger partial charge is 0.266 e. The topological polar surface area (TPSA) is 85.5 Å². The van der Waals surface area contributed by atoms with E-state index in [0.717, 1.165) is 44.0 Å². The Kier molecular flexibility index (Phi) is 5.91. The van der Waals surface area contributed by atoms with E-state index in [0.29, 0.717) is 24.1 Å². The Balaban J connectivity index is 1.43. The molecule has 0 saturated carbocycles. The number of nitrogens with zero attached hydrogens (tertiary/aromatic N) is 6. The molecule has 158 valence electrons. The molecule has 0 spiro atoms. The van der Waals surface area contributed by atoms with E-state index in [4.69, 9.17) is 4.74 Å². The summed E-state index contributed by atoms with van der Waals surface area (Å²) in [5.41, 5.74) is 2.58. The van der Waals surface area contributed by atoms with Gasteiger partial charge in [-0.3, -0.25) is 19.1 Å². The largest absolute Gasteiger partial charge is 0.383 e. The van der Waals surface area contributed by atoms with Gasteiger partial charge in [0.2, 0.25) is 0 Å². The Bertz CT molecular complexity index is 1150. The van der Waals surface area contributed by atoms with Crippen LogP contribution in [0.4, 0.5) is 5.69 Å². The van der Waals surface area contributed by atoms with Gasteiger partial charge < -0.3 is 9.64 Å². The quantitative estimate of drug-likeness (QED) is 0.584. The molecular formula is C21H26N6O3. The Morgan fingerprint density at radius 1 is 1.10 bits per heavy atom. The molecule has 1 aliphatic rings. The highest BCUT2D eigenvalue weighted by atomic mass is 16.5. The van der Waals surface area contributed by atoms with Crippen molar-refractivity contribution in [2.24, 2.45) is 7.05 Å². The zero-order valence-electron chi connectivity index (χ0n) is 17.3. The first-order valence-corrected chi connectivity index (χ1v) is 10.0. The molecule has 0 radical (unpaired) electrons. The van der Waals surface area contributed by atoms with Crippen molar-refractivity contribution in [2.75, 3.05) is 44.8 Å². The molecule has 0 aliphatic carbocycles. The third-order valence-electron chi connectivity index (χ3n) is 5.51. The highest BCUT2D eigenvalue weighted by Crippen LogP contribution is 2.21. The van der Waals surface area contributed by atoms with Crippen LogP contribution in [0.15, 0.2) is 46.4 Å². The van der Waals surface area contributed by atoms with Crippen molar-refractivity contribution < 1.29 is 4.74 Å². The molecule has 1 saturated heterocycles. The minimum atomic E-state index is -0.0870. The van der Waals surface area contributed by atoms with Crippen molar-refractivity contribution in [1.29, 1.82) is 0 Å². The first-order valence-electron chi connectivity index (χ1n) is 10.0. The summed E-state index contributed by atoms with van der Waals surface area (Å²) in [6, 6.07) is 7.49. The van der Waals surface area contributed by atoms with Gasteiger partial charge in [0.1, 0.15) is 0 Å². The molecular weight excluding hydrogens is 384 g/mol. The first-order chi connectivity index (χ1) is 14.5. The number of methoxy groups -OCH3 is 1. The molecule has 9 nitrogen and oxygen atoms in total. The average Bonchev–Trinajstić information content (AvgIpc) is 2.76. The fourth-order valence-electron chi connectivity index (χ4n) is 3.71. The molecule has 3 heterocycles. The van der Waals surface area contributed by atoms with Gasteiger partial charge in [0, 0.05) is 58.6 Å². The lowest BCUT2D eigenvalue weighted by molar-refractivity contribution is 0.186. The number of benzene rings is 1. The van der Waals surface area contributed by atoms with E-state index in [2.05, 4.69) is 19.9 Å². The SMILES string of the molecule is COCCn1cnc2cc(N3CCN(Cc4cnn(C)c(=O)c4)CC3)ccc2c1=O. The van der Waals surface area contributed by atoms with E-state index < -0.39 is 0 Å². The molecule has 30 heavy (non-hydrogen) atoms. The number of hydrogen-bond acceptors (Lipinski definition) is 7. The summed E-state index contributed by atoms with van der Waals surface area (Å²) in [5, 5.41) is 4.71. The third-order valence-corrected chi connectivity index (χ3v) is 5.51. The van der Waals surface area contributed by atoms with E-state index in [1.54, 1.807) is 37.3 Å². The predicted molar refractivity (Wildman–Crippen MR) is 115 cm³/mol. The van der Waals surface area contributed by atoms with Gasteiger partial charge in [-0.1, -0.05) is 0 Å². The molecule has 3 aromatic rings. The highest BCUT2D eigenvalue weighted by Gasteiger charge is 2.18. The van der Waals surface area contributed by atoms with Crippen molar-refractivity contribution in [2.45, 2.75) is 13.1 Å². The second-order valence-corrected chi connectivity index (χ2v) is 7.53. The molecule has 0 bridgehead atoms. The van der Waals surface area contributed by atoms with E-state index in [1.165, 1.54) is 4.68 Å². The Hall–Kier alpha value is -3.04. The number of piperazine rings is 1. The molecule has 0 N–H and O–H groups in total. The number of rotatable bonds is 6. The minimum absolute atomic E-state index is 0.0453. The maximum Gasteiger partial charge on any atom is 0.266 e. The van der Waals surface area contributed by atoms with Crippen molar-refractivity contribution in [1.82, 2.24) is 24.2 Å². The van der Waals surface area contributed by atoms with Crippen LogP contribution >= 0.6 is 0 Å². The first kappa shape index (κ1) is 20.2. The fourth-order valence-corrected chi connectivity index (χ4v) is 3.71. The Labute approximate surface area is 174 Å². The molecule has 9 heteroatoms. The van der Waals surface area contributed by atoms with Crippen molar-refractivity contribution in [3.05, 3.63) is 63.1 Å². The summed E-state index contributed by atoms with van der Waals surface area (Å²) in [7, 11) is 3.27. The zero-order chi connectivity index (χ0) is 21.1. The van der Waals surface area contributed by atoms with E-state index in [9.17, 15) is 9.59 Å². The van der Waals surface area contributed by atoms with Gasteiger partial charge in [-0.05, 0) is 23.8 Å². The summed E-state index contributed by atoms with van der Waals surface area (Å²) >= 11 is 0. The van der Waals surface area contributed by atoms with Gasteiger partial charge in [-0.25, -0.2) is 9.67 Å². The number of aryl methyl sites for hydroxylation is 1. The molecule has 0 amide bonds. The van der Waals surface area contributed by atoms with E-state index in [1.807, 2.05) is 18.2 Å². The maximum absolute atomic E-state index is 12.6. The third kappa shape index (κ3) is 4.27. The molecule has 2 aromatic heterocycles. The van der Waals surface area contributed by atoms with Crippen molar-refractivity contribution in [3.8, 4) is 0 Å². The fraction of sp³-hybridized carbons (Fsp3) is 0.429. The summed E-state index contributed by atoms with van der Waals surface area (Å²) in [6.07, 6.45) is 3.34. The van der Waals surface area contributed by atoms with Crippen molar-refractivity contribution >= 4 is 16.6 Å². The Morgan fingerprint density at radius 2 is 1.90 bits per heavy atom. The second kappa shape index (κ2) is 8.76. The number of anilines is 1. The maximum atomic E-state index is 12.6. The number of fused-ring (bicyclic) bond motifs is 1. The molecule has 1 fully saturated rings. The lowest BCUT2D eigenvalue weighted by Crippen LogP contribution is -2.46. The molecule has 0 atom stereocenters. The van der Waals surface area contributed by atoms with Gasteiger partial charge in [-0.15, -0.1) is 0 Å². The van der Waals surface area contributed by atoms with Gasteiger partial charge >= 0.3 is 0 Å². The van der Waals surface area contributed by atoms with Gasteiger partial charge in [0.15, 0.2) is 0 Å². The van der Waals surface area contributed by atoms with Crippen LogP contribution in [0.5, 0.6) is 0 Å². The summed E-state index contributed by atoms with van der Waals surface area (Å²) in [5.74, 6) is 0.